The Bertz CT molecular complexity index is 884. The van der Waals surface area contributed by atoms with Gasteiger partial charge in [0.1, 0.15) is 6.04 Å². The Kier molecular flexibility index (Phi) is 7.83. The van der Waals surface area contributed by atoms with Crippen LogP contribution in [0.15, 0.2) is 36.4 Å². The zero-order valence-corrected chi connectivity index (χ0v) is 19.2. The number of allylic oxidation sites excluding steroid dienone is 2. The molecular weight excluding hydrogens is 406 g/mol. The molecule has 1 heterocycles. The molecule has 3 rings (SSSR count). The van der Waals surface area contributed by atoms with Crippen LogP contribution < -0.4 is 5.32 Å². The Hall–Kier alpha value is -2.96. The van der Waals surface area contributed by atoms with Gasteiger partial charge in [0.05, 0.1) is 11.8 Å². The highest BCUT2D eigenvalue weighted by molar-refractivity contribution is 6.05. The van der Waals surface area contributed by atoms with Crippen molar-refractivity contribution in [2.45, 2.75) is 59.0 Å². The molecule has 1 N–H and O–H groups in total. The fourth-order valence-electron chi connectivity index (χ4n) is 4.66. The molecule has 1 aromatic rings. The average molecular weight is 440 g/mol. The molecule has 7 heteroatoms. The lowest BCUT2D eigenvalue weighted by molar-refractivity contribution is -0.144. The van der Waals surface area contributed by atoms with Gasteiger partial charge in [-0.2, -0.15) is 0 Å². The molecule has 1 aromatic carbocycles. The average Bonchev–Trinajstić information content (AvgIpc) is 3.02. The number of likely N-dealkylation sites (tertiary alicyclic amines) is 1. The number of amides is 4. The molecule has 3 atom stereocenters. The molecule has 172 valence electrons. The van der Waals surface area contributed by atoms with E-state index in [0.717, 1.165) is 11.1 Å². The summed E-state index contributed by atoms with van der Waals surface area (Å²) in [5.74, 6) is -1.40. The van der Waals surface area contributed by atoms with Crippen LogP contribution in [0.25, 0.3) is 0 Å². The van der Waals surface area contributed by atoms with Crippen molar-refractivity contribution in [3.05, 3.63) is 47.5 Å². The van der Waals surface area contributed by atoms with Crippen molar-refractivity contribution in [1.29, 1.82) is 0 Å². The van der Waals surface area contributed by atoms with Crippen molar-refractivity contribution in [3.8, 4) is 0 Å². The van der Waals surface area contributed by atoms with Crippen LogP contribution in [0.5, 0.6) is 0 Å². The fraction of sp³-hybridized carbons (Fsp3) is 0.520. The lowest BCUT2D eigenvalue weighted by atomic mass is 9.85. The minimum atomic E-state index is -0.611. The zero-order chi connectivity index (χ0) is 23.3. The molecule has 4 amide bonds. The smallest absolute Gasteiger partial charge is 0.242 e. The van der Waals surface area contributed by atoms with E-state index in [0.29, 0.717) is 32.4 Å². The molecule has 0 aromatic heterocycles. The molecule has 0 spiro atoms. The second kappa shape index (κ2) is 10.6. The lowest BCUT2D eigenvalue weighted by Crippen LogP contribution is -2.49. The second-order valence-electron chi connectivity index (χ2n) is 8.56. The van der Waals surface area contributed by atoms with E-state index in [2.05, 4.69) is 5.32 Å². The van der Waals surface area contributed by atoms with Gasteiger partial charge in [-0.25, -0.2) is 0 Å². The van der Waals surface area contributed by atoms with E-state index in [1.165, 1.54) is 4.90 Å². The maximum absolute atomic E-state index is 13.3. The third-order valence-corrected chi connectivity index (χ3v) is 6.32. The molecule has 7 nitrogen and oxygen atoms in total. The number of hydrogen-bond donors (Lipinski definition) is 1. The van der Waals surface area contributed by atoms with Crippen LogP contribution in [-0.2, 0) is 25.7 Å². The monoisotopic (exact) mass is 439 g/mol. The molecule has 2 aliphatic rings. The van der Waals surface area contributed by atoms with Crippen LogP contribution in [0.3, 0.4) is 0 Å². The largest absolute Gasteiger partial charge is 0.355 e. The molecule has 1 saturated heterocycles. The fourth-order valence-corrected chi connectivity index (χ4v) is 4.66. The first-order chi connectivity index (χ1) is 15.4. The first kappa shape index (κ1) is 23.7. The topological polar surface area (TPSA) is 86.8 Å². The summed E-state index contributed by atoms with van der Waals surface area (Å²) in [6.45, 7) is 6.54. The molecule has 32 heavy (non-hydrogen) atoms. The number of carbonyl (C=O) groups excluding carboxylic acids is 4. The van der Waals surface area contributed by atoms with Gasteiger partial charge in [-0.1, -0.05) is 48.9 Å². The van der Waals surface area contributed by atoms with Gasteiger partial charge < -0.3 is 10.2 Å². The standard InChI is InChI=1S/C25H33N3O4/c1-4-21(23(30)26-5-2)28(16-18-10-8-9-17(3)15-18)22(29)13-14-27-24(31)19-11-6-7-12-20(19)25(27)32/h6-10,15,19-21H,4-5,11-14,16H2,1-3H3,(H,26,30)/t19-,20+,21?. The maximum Gasteiger partial charge on any atom is 0.242 e. The summed E-state index contributed by atoms with van der Waals surface area (Å²) in [6.07, 6.45) is 5.53. The van der Waals surface area contributed by atoms with Gasteiger partial charge in [0.15, 0.2) is 0 Å². The Morgan fingerprint density at radius 1 is 1.12 bits per heavy atom. The zero-order valence-electron chi connectivity index (χ0n) is 19.2. The minimum Gasteiger partial charge on any atom is -0.355 e. The van der Waals surface area contributed by atoms with Gasteiger partial charge in [0.2, 0.25) is 23.6 Å². The first-order valence-electron chi connectivity index (χ1n) is 11.5. The summed E-state index contributed by atoms with van der Waals surface area (Å²) in [6, 6.07) is 7.23. The van der Waals surface area contributed by atoms with Crippen molar-refractivity contribution in [1.82, 2.24) is 15.1 Å². The summed E-state index contributed by atoms with van der Waals surface area (Å²) >= 11 is 0. The Morgan fingerprint density at radius 3 is 2.34 bits per heavy atom. The maximum atomic E-state index is 13.3. The molecule has 0 radical (unpaired) electrons. The van der Waals surface area contributed by atoms with Gasteiger partial charge in [0, 0.05) is 26.1 Å². The Balaban J connectivity index is 1.75. The number of likely N-dealkylation sites (N-methyl/N-ethyl adjacent to an activating group) is 1. The Morgan fingerprint density at radius 2 is 1.78 bits per heavy atom. The predicted molar refractivity (Wildman–Crippen MR) is 121 cm³/mol. The third-order valence-electron chi connectivity index (χ3n) is 6.32. The van der Waals surface area contributed by atoms with Crippen molar-refractivity contribution in [3.63, 3.8) is 0 Å². The van der Waals surface area contributed by atoms with Crippen molar-refractivity contribution >= 4 is 23.6 Å². The molecule has 1 aliphatic carbocycles. The van der Waals surface area contributed by atoms with Gasteiger partial charge in [-0.3, -0.25) is 24.1 Å². The molecule has 1 fully saturated rings. The summed E-state index contributed by atoms with van der Waals surface area (Å²) in [5.41, 5.74) is 2.01. The number of nitrogens with one attached hydrogen (secondary N) is 1. The van der Waals surface area contributed by atoms with Crippen LogP contribution in [0, 0.1) is 18.8 Å². The second-order valence-corrected chi connectivity index (χ2v) is 8.56. The highest BCUT2D eigenvalue weighted by Gasteiger charge is 2.47. The third kappa shape index (κ3) is 5.09. The van der Waals surface area contributed by atoms with Crippen molar-refractivity contribution in [2.24, 2.45) is 11.8 Å². The van der Waals surface area contributed by atoms with Crippen molar-refractivity contribution in [2.75, 3.05) is 13.1 Å². The highest BCUT2D eigenvalue weighted by Crippen LogP contribution is 2.35. The number of hydrogen-bond acceptors (Lipinski definition) is 4. The van der Waals surface area contributed by atoms with Crippen LogP contribution in [0.1, 0.15) is 50.7 Å². The molecular formula is C25H33N3O4. The number of rotatable bonds is 9. The van der Waals surface area contributed by atoms with Crippen LogP contribution >= 0.6 is 0 Å². The SMILES string of the molecule is CCNC(=O)C(CC)N(Cc1cccc(C)c1)C(=O)CCN1C(=O)[C@H]2CC=CC[C@H]2C1=O. The summed E-state index contributed by atoms with van der Waals surface area (Å²) < 4.78 is 0. The van der Waals surface area contributed by atoms with E-state index in [1.54, 1.807) is 4.90 Å². The summed E-state index contributed by atoms with van der Waals surface area (Å²) in [5, 5.41) is 2.82. The van der Waals surface area contributed by atoms with Crippen molar-refractivity contribution < 1.29 is 19.2 Å². The number of fused-ring (bicyclic) bond motifs is 1. The molecule has 0 saturated carbocycles. The number of nitrogens with zero attached hydrogens (tertiary/aromatic N) is 2. The van der Waals surface area contributed by atoms with Gasteiger partial charge in [0.25, 0.3) is 0 Å². The minimum absolute atomic E-state index is 0.00602. The van der Waals surface area contributed by atoms with Gasteiger partial charge in [-0.15, -0.1) is 0 Å². The first-order valence-corrected chi connectivity index (χ1v) is 11.5. The number of benzene rings is 1. The van der Waals surface area contributed by atoms with E-state index >= 15 is 0 Å². The van der Waals surface area contributed by atoms with Crippen LogP contribution in [-0.4, -0.2) is 52.6 Å². The van der Waals surface area contributed by atoms with E-state index in [4.69, 9.17) is 0 Å². The molecule has 0 bridgehead atoms. The van der Waals surface area contributed by atoms with E-state index in [9.17, 15) is 19.2 Å². The van der Waals surface area contributed by atoms with E-state index in [1.807, 2.05) is 57.2 Å². The van der Waals surface area contributed by atoms with E-state index < -0.39 is 6.04 Å². The molecule has 1 unspecified atom stereocenters. The molecule has 1 aliphatic heterocycles. The highest BCUT2D eigenvalue weighted by atomic mass is 16.2. The predicted octanol–water partition coefficient (Wildman–Crippen LogP) is 2.58. The van der Waals surface area contributed by atoms with Gasteiger partial charge in [-0.05, 0) is 38.7 Å². The summed E-state index contributed by atoms with van der Waals surface area (Å²) in [4.78, 5) is 54.3. The lowest BCUT2D eigenvalue weighted by Gasteiger charge is -2.31. The number of aryl methyl sites for hydroxylation is 1. The normalized spacial score (nSPS) is 20.8. The number of carbonyl (C=O) groups is 4. The van der Waals surface area contributed by atoms with Crippen LogP contribution in [0.4, 0.5) is 0 Å². The van der Waals surface area contributed by atoms with E-state index in [-0.39, 0.29) is 48.4 Å². The number of imide groups is 1. The summed E-state index contributed by atoms with van der Waals surface area (Å²) in [7, 11) is 0. The van der Waals surface area contributed by atoms with Gasteiger partial charge >= 0.3 is 0 Å². The Labute approximate surface area is 189 Å². The quantitative estimate of drug-likeness (QED) is 0.473. The van der Waals surface area contributed by atoms with Crippen LogP contribution in [0.2, 0.25) is 0 Å².